The molecule has 0 radical (unpaired) electrons. The number of hydrogen-bond donors (Lipinski definition) is 0. The molecule has 0 aliphatic carbocycles. The van der Waals surface area contributed by atoms with Crippen molar-refractivity contribution >= 4 is 6.29 Å². The average Bonchev–Trinajstić information content (AvgIpc) is 2.36. The Balaban J connectivity index is 3.28. The summed E-state index contributed by atoms with van der Waals surface area (Å²) in [5.41, 5.74) is 0.648. The maximum atomic E-state index is 13.0. The minimum Gasteiger partial charge on any atom is -0.298 e. The summed E-state index contributed by atoms with van der Waals surface area (Å²) in [6.45, 7) is 5.16. The van der Waals surface area contributed by atoms with Crippen molar-refractivity contribution < 1.29 is 22.4 Å². The van der Waals surface area contributed by atoms with Crippen LogP contribution in [0.25, 0.3) is 0 Å². The van der Waals surface area contributed by atoms with Crippen LogP contribution in [-0.4, -0.2) is 6.29 Å². The molecule has 0 aliphatic heterocycles. The van der Waals surface area contributed by atoms with Gasteiger partial charge in [0.2, 0.25) is 0 Å². The van der Waals surface area contributed by atoms with E-state index < -0.39 is 17.6 Å². The summed E-state index contributed by atoms with van der Waals surface area (Å²) in [4.78, 5) is 11.0. The number of halogens is 4. The third-order valence-corrected chi connectivity index (χ3v) is 2.90. The van der Waals surface area contributed by atoms with Crippen molar-refractivity contribution in [3.05, 3.63) is 57.9 Å². The summed E-state index contributed by atoms with van der Waals surface area (Å²) in [6, 6.07) is 2.57. The van der Waals surface area contributed by atoms with Crippen molar-refractivity contribution in [2.24, 2.45) is 0 Å². The minimum atomic E-state index is -4.63. The van der Waals surface area contributed by atoms with Gasteiger partial charge in [-0.3, -0.25) is 4.79 Å². The maximum Gasteiger partial charge on any atom is 0.416 e. The van der Waals surface area contributed by atoms with Crippen molar-refractivity contribution in [2.45, 2.75) is 33.4 Å². The molecule has 0 heterocycles. The molecular weight excluding hydrogens is 284 g/mol. The van der Waals surface area contributed by atoms with E-state index in [1.165, 1.54) is 0 Å². The standard InChI is InChI=1S/C16H16F4O/c1-10(2)6-13(9-21)11(3)7-12-4-5-14(17)8-15(12)16(18,19)20/h4-6,8-9H,7H2,1-3H3/b13-11+. The molecule has 0 amide bonds. The Bertz CT molecular complexity index is 591. The number of carbonyl (C=O) groups is 1. The van der Waals surface area contributed by atoms with E-state index in [1.807, 2.05) is 0 Å². The van der Waals surface area contributed by atoms with Gasteiger partial charge in [0.1, 0.15) is 12.1 Å². The summed E-state index contributed by atoms with van der Waals surface area (Å²) in [5, 5.41) is 0. The smallest absolute Gasteiger partial charge is 0.298 e. The summed E-state index contributed by atoms with van der Waals surface area (Å²) >= 11 is 0. The molecule has 1 nitrogen and oxygen atoms in total. The Morgan fingerprint density at radius 2 is 1.81 bits per heavy atom. The van der Waals surface area contributed by atoms with E-state index in [9.17, 15) is 22.4 Å². The van der Waals surface area contributed by atoms with Gasteiger partial charge in [0.25, 0.3) is 0 Å². The fourth-order valence-electron chi connectivity index (χ4n) is 1.92. The zero-order valence-electron chi connectivity index (χ0n) is 12.0. The number of aldehydes is 1. The van der Waals surface area contributed by atoms with E-state index in [0.29, 0.717) is 23.5 Å². The van der Waals surface area contributed by atoms with Gasteiger partial charge in [-0.25, -0.2) is 4.39 Å². The molecule has 0 unspecified atom stereocenters. The van der Waals surface area contributed by atoms with Gasteiger partial charge in [-0.15, -0.1) is 0 Å². The maximum absolute atomic E-state index is 13.0. The Morgan fingerprint density at radius 1 is 1.19 bits per heavy atom. The van der Waals surface area contributed by atoms with Gasteiger partial charge >= 0.3 is 6.18 Å². The number of benzene rings is 1. The molecule has 1 aromatic rings. The van der Waals surface area contributed by atoms with Crippen molar-refractivity contribution in [1.29, 1.82) is 0 Å². The lowest BCUT2D eigenvalue weighted by Crippen LogP contribution is -2.10. The Morgan fingerprint density at radius 3 is 2.29 bits per heavy atom. The first-order valence-corrected chi connectivity index (χ1v) is 6.30. The molecule has 0 aromatic heterocycles. The second kappa shape index (κ2) is 6.70. The molecule has 0 saturated heterocycles. The largest absolute Gasteiger partial charge is 0.416 e. The van der Waals surface area contributed by atoms with E-state index in [-0.39, 0.29) is 12.0 Å². The highest BCUT2D eigenvalue weighted by molar-refractivity contribution is 5.79. The van der Waals surface area contributed by atoms with Gasteiger partial charge in [0, 0.05) is 5.57 Å². The van der Waals surface area contributed by atoms with Crippen LogP contribution in [-0.2, 0) is 17.4 Å². The number of alkyl halides is 3. The van der Waals surface area contributed by atoms with Crippen LogP contribution in [0.5, 0.6) is 0 Å². The van der Waals surface area contributed by atoms with Crippen LogP contribution in [0.4, 0.5) is 17.6 Å². The molecule has 21 heavy (non-hydrogen) atoms. The molecule has 0 spiro atoms. The van der Waals surface area contributed by atoms with E-state index in [2.05, 4.69) is 0 Å². The molecule has 114 valence electrons. The predicted octanol–water partition coefficient (Wildman–Crippen LogP) is 4.87. The highest BCUT2D eigenvalue weighted by Gasteiger charge is 2.33. The molecule has 1 aromatic carbocycles. The molecular formula is C16H16F4O. The van der Waals surface area contributed by atoms with Crippen molar-refractivity contribution in [1.82, 2.24) is 0 Å². The van der Waals surface area contributed by atoms with Crippen LogP contribution >= 0.6 is 0 Å². The summed E-state index contributed by atoms with van der Waals surface area (Å²) in [5.74, 6) is -0.937. The molecule has 1 rings (SSSR count). The van der Waals surface area contributed by atoms with Gasteiger partial charge in [-0.2, -0.15) is 13.2 Å². The first-order chi connectivity index (χ1) is 9.65. The summed E-state index contributed by atoms with van der Waals surface area (Å²) < 4.78 is 51.8. The molecule has 0 N–H and O–H groups in total. The van der Waals surface area contributed by atoms with Crippen molar-refractivity contribution in [3.8, 4) is 0 Å². The quantitative estimate of drug-likeness (QED) is 0.335. The Hall–Kier alpha value is -1.91. The minimum absolute atomic E-state index is 0.0529. The number of allylic oxidation sites excluding steroid dienone is 4. The van der Waals surface area contributed by atoms with Gasteiger partial charge in [0.05, 0.1) is 5.56 Å². The zero-order valence-corrected chi connectivity index (χ0v) is 12.0. The van der Waals surface area contributed by atoms with E-state index >= 15 is 0 Å². The predicted molar refractivity (Wildman–Crippen MR) is 73.3 cm³/mol. The molecule has 0 atom stereocenters. The number of hydrogen-bond acceptors (Lipinski definition) is 1. The van der Waals surface area contributed by atoms with Crippen LogP contribution in [0.3, 0.4) is 0 Å². The molecule has 5 heteroatoms. The molecule has 0 bridgehead atoms. The average molecular weight is 300 g/mol. The topological polar surface area (TPSA) is 17.1 Å². The molecule has 0 fully saturated rings. The van der Waals surface area contributed by atoms with Gasteiger partial charge in [-0.1, -0.05) is 23.3 Å². The van der Waals surface area contributed by atoms with Gasteiger partial charge in [-0.05, 0) is 44.9 Å². The molecule has 0 aliphatic rings. The Kier molecular flexibility index (Phi) is 5.47. The highest BCUT2D eigenvalue weighted by atomic mass is 19.4. The second-order valence-corrected chi connectivity index (χ2v) is 5.05. The monoisotopic (exact) mass is 300 g/mol. The summed E-state index contributed by atoms with van der Waals surface area (Å²) in [7, 11) is 0. The van der Waals surface area contributed by atoms with Crippen LogP contribution in [0.15, 0.2) is 41.0 Å². The van der Waals surface area contributed by atoms with E-state index in [4.69, 9.17) is 0 Å². The van der Waals surface area contributed by atoms with Crippen LogP contribution in [0.2, 0.25) is 0 Å². The second-order valence-electron chi connectivity index (χ2n) is 5.05. The normalized spacial score (nSPS) is 12.7. The fourth-order valence-corrected chi connectivity index (χ4v) is 1.92. The SMILES string of the molecule is CC(C)=C/C(C=O)=C(/C)Cc1ccc(F)cc1C(F)(F)F. The van der Waals surface area contributed by atoms with Crippen LogP contribution < -0.4 is 0 Å². The van der Waals surface area contributed by atoms with Crippen molar-refractivity contribution in [3.63, 3.8) is 0 Å². The van der Waals surface area contributed by atoms with E-state index in [1.54, 1.807) is 26.8 Å². The fraction of sp³-hybridized carbons (Fsp3) is 0.312. The Labute approximate surface area is 121 Å². The highest BCUT2D eigenvalue weighted by Crippen LogP contribution is 2.33. The zero-order chi connectivity index (χ0) is 16.2. The van der Waals surface area contributed by atoms with E-state index in [0.717, 1.165) is 17.7 Å². The van der Waals surface area contributed by atoms with Crippen LogP contribution in [0.1, 0.15) is 31.9 Å². The van der Waals surface area contributed by atoms with Gasteiger partial charge in [0.15, 0.2) is 0 Å². The number of carbonyl (C=O) groups excluding carboxylic acids is 1. The first kappa shape index (κ1) is 17.1. The van der Waals surface area contributed by atoms with Crippen molar-refractivity contribution in [2.75, 3.05) is 0 Å². The van der Waals surface area contributed by atoms with Gasteiger partial charge < -0.3 is 0 Å². The first-order valence-electron chi connectivity index (χ1n) is 6.30. The lowest BCUT2D eigenvalue weighted by Gasteiger charge is -2.14. The molecule has 0 saturated carbocycles. The third-order valence-electron chi connectivity index (χ3n) is 2.90. The van der Waals surface area contributed by atoms with Crippen LogP contribution in [0, 0.1) is 5.82 Å². The lowest BCUT2D eigenvalue weighted by atomic mass is 9.96. The third kappa shape index (κ3) is 4.85. The number of rotatable bonds is 4. The lowest BCUT2D eigenvalue weighted by molar-refractivity contribution is -0.138. The summed E-state index contributed by atoms with van der Waals surface area (Å²) in [6.07, 6.45) is -2.47.